The number of carbonyl (C=O) groups is 1. The Morgan fingerprint density at radius 2 is 0.740 bits per heavy atom. The van der Waals surface area contributed by atoms with Gasteiger partial charge in [-0.2, -0.15) is 24.9 Å². The zero-order valence-corrected chi connectivity index (χ0v) is 82.3. The van der Waals surface area contributed by atoms with Crippen molar-refractivity contribution in [2.75, 3.05) is 86.3 Å². The Bertz CT molecular complexity index is 7620. The molecule has 2 aliphatic heterocycles. The van der Waals surface area contributed by atoms with E-state index in [1.807, 2.05) is 138 Å². The average molecular weight is 1980 g/mol. The van der Waals surface area contributed by atoms with E-state index in [4.69, 9.17) is 51.0 Å². The lowest BCUT2D eigenvalue weighted by atomic mass is 9.94. The molecule has 146 heavy (non-hydrogen) atoms. The molecule has 2 fully saturated rings. The van der Waals surface area contributed by atoms with Crippen LogP contribution < -0.4 is 33.5 Å². The Morgan fingerprint density at radius 1 is 0.377 bits per heavy atom. The van der Waals surface area contributed by atoms with Crippen LogP contribution in [0.4, 0.5) is 33.6 Å². The number of aromatic nitrogens is 12. The van der Waals surface area contributed by atoms with E-state index in [-0.39, 0.29) is 58.9 Å². The van der Waals surface area contributed by atoms with Gasteiger partial charge in [0.25, 0.3) is 29.5 Å². The molecular weight excluding hydrogens is 1870 g/mol. The van der Waals surface area contributed by atoms with Crippen LogP contribution in [0.2, 0.25) is 0 Å². The maximum atomic E-state index is 13.8. The number of piperidine rings is 1. The fourth-order valence-corrected chi connectivity index (χ4v) is 17.4. The van der Waals surface area contributed by atoms with Crippen LogP contribution in [0.3, 0.4) is 0 Å². The number of benzene rings is 11. The molecule has 34 heteroatoms. The third kappa shape index (κ3) is 23.7. The van der Waals surface area contributed by atoms with Crippen LogP contribution in [-0.4, -0.2) is 170 Å². The third-order valence-electron chi connectivity index (χ3n) is 24.7. The monoisotopic (exact) mass is 1980 g/mol. The van der Waals surface area contributed by atoms with Crippen LogP contribution in [-0.2, 0) is 17.9 Å². The summed E-state index contributed by atoms with van der Waals surface area (Å²) in [6.07, 6.45) is 9.33. The molecule has 2 N–H and O–H groups in total. The first kappa shape index (κ1) is 102. The molecule has 2 saturated heterocycles. The summed E-state index contributed by atoms with van der Waals surface area (Å²) in [5.41, 5.74) is 17.5. The standard InChI is InChI=1S/C25H24FN3O2.C23H17FN2O4.C23H19FN2O3.C21H23FN4O3.C20H21FN4O2/c1-16-7-5-6-8-20(16)21-11-9-17(13-18(21)15-29(2)3)25-27-24(28-31-25)22-14-19(26)10-12-23(22)30-4;1-13-5-3-4-6-16(13)17-9-7-14(11-18(17)23(27)28)22-25-21(26-30-22)19-12-15(24)8-10-20(19)29-2;1-14-5-3-4-6-18(14)19-9-7-15(11-16(19)13-27)23-25-22(26-29-23)20-12-17(24)8-10-21(20)28-2;1-13-9-14(11-23-20(13)26-8-4-5-16(26)12-27-2)21-24-19(25-29-21)17-10-15(22)6-7-18(17)28-3;1-13-5-3-4-10-25(13)18-9-6-14(12-22-18)20-23-19(24-27-20)16-11-15(21)7-8-17(16)26-2/h5-14H,15H2,1-4H3;3-12H,1-2H3,(H,27,28);3-12,27H,13H2,1-2H3;6-7,9-11,16H,4-5,8,12H2,1-3H3;6-9,11-13H,3-5,10H2,1-2H3. The van der Waals surface area contributed by atoms with E-state index in [0.29, 0.717) is 115 Å². The van der Waals surface area contributed by atoms with Crippen molar-refractivity contribution in [3.05, 3.63) is 317 Å². The van der Waals surface area contributed by atoms with E-state index in [9.17, 15) is 37.0 Å². The van der Waals surface area contributed by atoms with Crippen molar-refractivity contribution in [2.45, 2.75) is 92.0 Å². The topological polar surface area (TPSA) is 343 Å². The van der Waals surface area contributed by atoms with Gasteiger partial charge in [0, 0.05) is 61.9 Å². The molecule has 0 aliphatic carbocycles. The van der Waals surface area contributed by atoms with Crippen LogP contribution in [0.15, 0.2) is 272 Å². The minimum atomic E-state index is -1.07. The number of carboxylic acids is 1. The first-order valence-electron chi connectivity index (χ1n) is 46.7. The predicted molar refractivity (Wildman–Crippen MR) is 542 cm³/mol. The number of carboxylic acid groups (broad SMARTS) is 1. The zero-order valence-electron chi connectivity index (χ0n) is 82.3. The number of anilines is 2. The quantitative estimate of drug-likeness (QED) is 0.0476. The molecule has 18 aromatic rings. The normalized spacial score (nSPS) is 13.2. The largest absolute Gasteiger partial charge is 0.496 e. The van der Waals surface area contributed by atoms with E-state index in [1.165, 1.54) is 162 Å². The molecule has 29 nitrogen and oxygen atoms in total. The van der Waals surface area contributed by atoms with E-state index in [1.54, 1.807) is 37.7 Å². The molecule has 7 aromatic heterocycles. The van der Waals surface area contributed by atoms with Gasteiger partial charge in [-0.05, 0) is 293 Å². The number of hydrogen-bond acceptors (Lipinski definition) is 28. The number of aliphatic hydroxyl groups is 1. The summed E-state index contributed by atoms with van der Waals surface area (Å²) in [6.45, 7) is 13.6. The molecule has 2 aliphatic rings. The number of aliphatic hydroxyl groups excluding tert-OH is 1. The Kier molecular flexibility index (Phi) is 32.7. The Morgan fingerprint density at radius 3 is 1.11 bits per heavy atom. The fourth-order valence-electron chi connectivity index (χ4n) is 17.4. The van der Waals surface area contributed by atoms with Crippen molar-refractivity contribution in [3.63, 3.8) is 0 Å². The maximum Gasteiger partial charge on any atom is 0.336 e. The first-order chi connectivity index (χ1) is 70.8. The summed E-state index contributed by atoms with van der Waals surface area (Å²) in [4.78, 5) is 49.9. The molecule has 0 amide bonds. The molecule has 0 saturated carbocycles. The number of nitrogens with zero attached hydrogens (tertiary/aromatic N) is 15. The minimum Gasteiger partial charge on any atom is -0.496 e. The number of aryl methyl sites for hydroxylation is 4. The fraction of sp³-hybridized carbons (Fsp3) is 0.223. The van der Waals surface area contributed by atoms with Gasteiger partial charge in [0.1, 0.15) is 69.5 Å². The summed E-state index contributed by atoms with van der Waals surface area (Å²) in [5, 5.41) is 39.5. The number of rotatable bonds is 26. The molecule has 2 unspecified atom stereocenters. The number of ether oxygens (including phenoxy) is 6. The van der Waals surface area contributed by atoms with E-state index in [2.05, 4.69) is 113 Å². The Labute approximate surface area is 838 Å². The zero-order chi connectivity index (χ0) is 103. The van der Waals surface area contributed by atoms with E-state index < -0.39 is 29.2 Å². The smallest absolute Gasteiger partial charge is 0.336 e. The Hall–Kier alpha value is -17.0. The maximum absolute atomic E-state index is 13.8. The summed E-state index contributed by atoms with van der Waals surface area (Å²) < 4.78 is 127. The van der Waals surface area contributed by atoms with Gasteiger partial charge in [-0.15, -0.1) is 0 Å². The number of hydrogen-bond donors (Lipinski definition) is 2. The van der Waals surface area contributed by atoms with E-state index in [0.717, 1.165) is 99.7 Å². The summed E-state index contributed by atoms with van der Waals surface area (Å²) >= 11 is 0. The Balaban J connectivity index is 0.000000131. The molecule has 20 rings (SSSR count). The van der Waals surface area contributed by atoms with Gasteiger partial charge in [0.15, 0.2) is 0 Å². The first-order valence-corrected chi connectivity index (χ1v) is 46.7. The van der Waals surface area contributed by atoms with Crippen molar-refractivity contribution in [2.24, 2.45) is 0 Å². The lowest BCUT2D eigenvalue weighted by Crippen LogP contribution is -2.37. The van der Waals surface area contributed by atoms with Gasteiger partial charge in [0.05, 0.1) is 99.3 Å². The molecular formula is C112H104F5N15O14. The highest BCUT2D eigenvalue weighted by atomic mass is 19.1. The summed E-state index contributed by atoms with van der Waals surface area (Å²) in [7, 11) is 13.3. The van der Waals surface area contributed by atoms with Crippen LogP contribution in [0, 0.1) is 56.8 Å². The lowest BCUT2D eigenvalue weighted by Gasteiger charge is -2.34. The molecule has 9 heterocycles. The number of halogens is 5. The lowest BCUT2D eigenvalue weighted by molar-refractivity contribution is 0.0697. The number of aromatic carboxylic acids is 1. The second-order valence-corrected chi connectivity index (χ2v) is 34.7. The molecule has 11 aromatic carbocycles. The SMILES string of the molecule is COCC1CCCN1c1ncc(-c2nc(-c3cc(F)ccc3OC)no2)cc1C.COc1ccc(F)cc1-c1noc(-c2ccc(-c3ccccc3C)c(C(=O)O)c2)n1.COc1ccc(F)cc1-c1noc(-c2ccc(-c3ccccc3C)c(CN(C)C)c2)n1.COc1ccc(F)cc1-c1noc(-c2ccc(-c3ccccc3C)c(CO)c2)n1.COc1ccc(F)cc1-c1noc(-c2ccc(N3CCCCC3C)nc2)n1. The predicted octanol–water partition coefficient (Wildman–Crippen LogP) is 24.0. The third-order valence-corrected chi connectivity index (χ3v) is 24.7. The molecule has 0 spiro atoms. The second kappa shape index (κ2) is 46.8. The highest BCUT2D eigenvalue weighted by molar-refractivity contribution is 5.98. The van der Waals surface area contributed by atoms with Crippen molar-refractivity contribution in [3.8, 4) is 176 Å². The van der Waals surface area contributed by atoms with Gasteiger partial charge in [-0.25, -0.2) is 36.7 Å². The van der Waals surface area contributed by atoms with Gasteiger partial charge in [0.2, 0.25) is 29.1 Å². The van der Waals surface area contributed by atoms with Gasteiger partial charge >= 0.3 is 5.97 Å². The van der Waals surface area contributed by atoms with Gasteiger partial charge in [-0.3, -0.25) is 0 Å². The summed E-state index contributed by atoms with van der Waals surface area (Å²) in [5.74, 6) is 3.66. The van der Waals surface area contributed by atoms with Gasteiger partial charge in [-0.1, -0.05) is 117 Å². The number of pyridine rings is 2. The van der Waals surface area contributed by atoms with Crippen molar-refractivity contribution in [1.82, 2.24) is 65.6 Å². The van der Waals surface area contributed by atoms with Crippen molar-refractivity contribution in [1.29, 1.82) is 0 Å². The van der Waals surface area contributed by atoms with Crippen LogP contribution in [0.5, 0.6) is 28.7 Å². The highest BCUT2D eigenvalue weighted by Gasteiger charge is 2.30. The van der Waals surface area contributed by atoms with Crippen molar-refractivity contribution < 1.29 is 88.0 Å². The minimum absolute atomic E-state index is 0.116. The van der Waals surface area contributed by atoms with Crippen LogP contribution in [0.25, 0.3) is 148 Å². The van der Waals surface area contributed by atoms with Crippen LogP contribution >= 0.6 is 0 Å². The number of methoxy groups -OCH3 is 6. The van der Waals surface area contributed by atoms with Crippen molar-refractivity contribution >= 4 is 17.6 Å². The molecule has 0 radical (unpaired) electrons. The highest BCUT2D eigenvalue weighted by Crippen LogP contribution is 2.42. The van der Waals surface area contributed by atoms with Crippen LogP contribution in [0.1, 0.15) is 82.8 Å². The summed E-state index contributed by atoms with van der Waals surface area (Å²) in [6, 6.07) is 68.0. The second-order valence-electron chi connectivity index (χ2n) is 34.7. The average Bonchev–Trinajstić information content (AvgIpc) is 1.48. The van der Waals surface area contributed by atoms with E-state index >= 15 is 0 Å². The van der Waals surface area contributed by atoms with Gasteiger partial charge < -0.3 is 75.9 Å². The molecule has 2 atom stereocenters. The molecule has 746 valence electrons. The molecule has 0 bridgehead atoms.